The van der Waals surface area contributed by atoms with E-state index in [-0.39, 0.29) is 0 Å². The first kappa shape index (κ1) is 14.1. The monoisotopic (exact) mass is 319 g/mol. The predicted molar refractivity (Wildman–Crippen MR) is 84.8 cm³/mol. The summed E-state index contributed by atoms with van der Waals surface area (Å²) in [5, 5.41) is 5.60. The van der Waals surface area contributed by atoms with Crippen LogP contribution in [-0.2, 0) is 0 Å². The second-order valence-electron chi connectivity index (χ2n) is 4.42. The van der Waals surface area contributed by atoms with Gasteiger partial charge in [-0.3, -0.25) is 0 Å². The highest BCUT2D eigenvalue weighted by atomic mass is 79.9. The van der Waals surface area contributed by atoms with Crippen LogP contribution in [0, 0.1) is 0 Å². The molecule has 0 aliphatic heterocycles. The van der Waals surface area contributed by atoms with Gasteiger partial charge < -0.3 is 10.1 Å². The third-order valence-electron chi connectivity index (χ3n) is 2.88. The number of nitrogens with one attached hydrogen (secondary N) is 1. The molecule has 100 valence electrons. The Balaban J connectivity index is 2.09. The molecular formula is C16H18BrNO. The average molecular weight is 320 g/mol. The molecule has 0 unspecified atom stereocenters. The Kier molecular flexibility index (Phi) is 5.00. The first-order chi connectivity index (χ1) is 9.22. The highest BCUT2D eigenvalue weighted by Gasteiger charge is 2.06. The number of hydrogen-bond donors (Lipinski definition) is 1. The summed E-state index contributed by atoms with van der Waals surface area (Å²) in [6.45, 7) is 8.34. The van der Waals surface area contributed by atoms with Crippen molar-refractivity contribution < 1.29 is 4.74 Å². The van der Waals surface area contributed by atoms with Crippen LogP contribution >= 0.6 is 15.9 Å². The van der Waals surface area contributed by atoms with Gasteiger partial charge in [-0.1, -0.05) is 43.8 Å². The normalized spacial score (nSPS) is 10.6. The summed E-state index contributed by atoms with van der Waals surface area (Å²) in [4.78, 5) is 0. The van der Waals surface area contributed by atoms with Crippen molar-refractivity contribution in [2.24, 2.45) is 0 Å². The smallest absolute Gasteiger partial charge is 0.134 e. The van der Waals surface area contributed by atoms with Crippen molar-refractivity contribution >= 4 is 26.7 Å². The summed E-state index contributed by atoms with van der Waals surface area (Å²) >= 11 is 3.61. The molecule has 0 radical (unpaired) electrons. The Morgan fingerprint density at radius 1 is 1.26 bits per heavy atom. The van der Waals surface area contributed by atoms with E-state index in [9.17, 15) is 0 Å². The number of likely N-dealkylation sites (N-methyl/N-ethyl adjacent to an activating group) is 1. The number of ether oxygens (including phenoxy) is 1. The van der Waals surface area contributed by atoms with Gasteiger partial charge in [0.15, 0.2) is 0 Å². The van der Waals surface area contributed by atoms with Gasteiger partial charge in [-0.25, -0.2) is 0 Å². The fraction of sp³-hybridized carbons (Fsp3) is 0.250. The van der Waals surface area contributed by atoms with Crippen LogP contribution in [0.2, 0.25) is 0 Å². The maximum absolute atomic E-state index is 5.82. The Morgan fingerprint density at radius 3 is 2.84 bits per heavy atom. The quantitative estimate of drug-likeness (QED) is 0.808. The van der Waals surface area contributed by atoms with Crippen LogP contribution in [0.4, 0.5) is 0 Å². The lowest BCUT2D eigenvalue weighted by Crippen LogP contribution is -2.18. The third kappa shape index (κ3) is 3.58. The summed E-state index contributed by atoms with van der Waals surface area (Å²) in [7, 11) is 0. The number of fused-ring (bicyclic) bond motifs is 1. The second kappa shape index (κ2) is 6.73. The summed E-state index contributed by atoms with van der Waals surface area (Å²) in [5.41, 5.74) is 1.04. The zero-order valence-corrected chi connectivity index (χ0v) is 12.7. The largest absolute Gasteiger partial charge is 0.488 e. The van der Waals surface area contributed by atoms with Gasteiger partial charge in [0.2, 0.25) is 0 Å². The standard InChI is InChI=1S/C16H18BrNO/c1-3-18-10-12(2)11-19-15-9-8-13-6-4-5-7-14(13)16(15)17/h4-9,18H,2-3,10-11H2,1H3. The minimum Gasteiger partial charge on any atom is -0.488 e. The molecule has 2 aromatic carbocycles. The molecule has 0 aliphatic carbocycles. The fourth-order valence-corrected chi connectivity index (χ4v) is 2.47. The molecule has 0 aliphatic rings. The first-order valence-corrected chi connectivity index (χ1v) is 7.19. The number of rotatable bonds is 6. The van der Waals surface area contributed by atoms with Gasteiger partial charge in [0.1, 0.15) is 12.4 Å². The number of halogens is 1. The molecule has 0 bridgehead atoms. The third-order valence-corrected chi connectivity index (χ3v) is 3.70. The highest BCUT2D eigenvalue weighted by Crippen LogP contribution is 2.33. The summed E-state index contributed by atoms with van der Waals surface area (Å²) in [6, 6.07) is 12.3. The molecule has 2 rings (SSSR count). The van der Waals surface area contributed by atoms with Crippen molar-refractivity contribution in [3.8, 4) is 5.75 Å². The lowest BCUT2D eigenvalue weighted by molar-refractivity contribution is 0.347. The van der Waals surface area contributed by atoms with E-state index in [1.165, 1.54) is 5.39 Å². The average Bonchev–Trinajstić information content (AvgIpc) is 2.44. The van der Waals surface area contributed by atoms with Gasteiger partial charge in [0.05, 0.1) is 4.47 Å². The van der Waals surface area contributed by atoms with E-state index in [0.29, 0.717) is 6.61 Å². The van der Waals surface area contributed by atoms with E-state index in [2.05, 4.69) is 52.9 Å². The number of hydrogen-bond acceptors (Lipinski definition) is 2. The van der Waals surface area contributed by atoms with Gasteiger partial charge in [-0.2, -0.15) is 0 Å². The van der Waals surface area contributed by atoms with Crippen molar-refractivity contribution in [2.75, 3.05) is 19.7 Å². The van der Waals surface area contributed by atoms with E-state index >= 15 is 0 Å². The molecule has 0 aromatic heterocycles. The lowest BCUT2D eigenvalue weighted by atomic mass is 10.1. The molecule has 0 spiro atoms. The highest BCUT2D eigenvalue weighted by molar-refractivity contribution is 9.10. The SMILES string of the molecule is C=C(CNCC)COc1ccc2ccccc2c1Br. The van der Waals surface area contributed by atoms with E-state index in [1.54, 1.807) is 0 Å². The molecule has 19 heavy (non-hydrogen) atoms. The molecule has 0 saturated carbocycles. The van der Waals surface area contributed by atoms with Crippen molar-refractivity contribution in [1.82, 2.24) is 5.32 Å². The molecule has 2 aromatic rings. The maximum atomic E-state index is 5.82. The zero-order valence-electron chi connectivity index (χ0n) is 11.1. The summed E-state index contributed by atoms with van der Waals surface area (Å²) in [6.07, 6.45) is 0. The minimum atomic E-state index is 0.532. The molecule has 0 heterocycles. The Bertz CT molecular complexity index is 580. The Morgan fingerprint density at radius 2 is 2.05 bits per heavy atom. The van der Waals surface area contributed by atoms with Gasteiger partial charge in [-0.15, -0.1) is 0 Å². The lowest BCUT2D eigenvalue weighted by Gasteiger charge is -2.12. The molecule has 0 fully saturated rings. The van der Waals surface area contributed by atoms with Crippen molar-refractivity contribution in [3.05, 3.63) is 53.0 Å². The molecule has 2 nitrogen and oxygen atoms in total. The van der Waals surface area contributed by atoms with Crippen LogP contribution in [0.15, 0.2) is 53.0 Å². The van der Waals surface area contributed by atoms with E-state index in [4.69, 9.17) is 4.74 Å². The Hall–Kier alpha value is -1.32. The van der Waals surface area contributed by atoms with Gasteiger partial charge in [0.25, 0.3) is 0 Å². The molecule has 0 atom stereocenters. The van der Waals surface area contributed by atoms with E-state index in [1.807, 2.05) is 18.2 Å². The maximum Gasteiger partial charge on any atom is 0.134 e. The topological polar surface area (TPSA) is 21.3 Å². The Labute approximate surface area is 122 Å². The first-order valence-electron chi connectivity index (χ1n) is 6.39. The summed E-state index contributed by atoms with van der Waals surface area (Å²) < 4.78 is 6.82. The van der Waals surface area contributed by atoms with Crippen molar-refractivity contribution in [1.29, 1.82) is 0 Å². The zero-order chi connectivity index (χ0) is 13.7. The molecule has 3 heteroatoms. The predicted octanol–water partition coefficient (Wildman–Crippen LogP) is 4.15. The van der Waals surface area contributed by atoms with Crippen LogP contribution in [0.5, 0.6) is 5.75 Å². The second-order valence-corrected chi connectivity index (χ2v) is 5.21. The van der Waals surface area contributed by atoms with Crippen LogP contribution < -0.4 is 10.1 Å². The van der Waals surface area contributed by atoms with Gasteiger partial charge in [0, 0.05) is 6.54 Å². The number of benzene rings is 2. The molecule has 0 amide bonds. The summed E-state index contributed by atoms with van der Waals surface area (Å²) in [5.74, 6) is 0.858. The molecule has 0 saturated heterocycles. The van der Waals surface area contributed by atoms with Crippen molar-refractivity contribution in [3.63, 3.8) is 0 Å². The van der Waals surface area contributed by atoms with E-state index < -0.39 is 0 Å². The van der Waals surface area contributed by atoms with Crippen LogP contribution in [-0.4, -0.2) is 19.7 Å². The van der Waals surface area contributed by atoms with Gasteiger partial charge >= 0.3 is 0 Å². The molecular weight excluding hydrogens is 302 g/mol. The molecule has 1 N–H and O–H groups in total. The van der Waals surface area contributed by atoms with Crippen LogP contribution in [0.25, 0.3) is 10.8 Å². The van der Waals surface area contributed by atoms with Crippen LogP contribution in [0.1, 0.15) is 6.92 Å². The van der Waals surface area contributed by atoms with Crippen molar-refractivity contribution in [2.45, 2.75) is 6.92 Å². The van der Waals surface area contributed by atoms with Crippen LogP contribution in [0.3, 0.4) is 0 Å². The minimum absolute atomic E-state index is 0.532. The van der Waals surface area contributed by atoms with Gasteiger partial charge in [-0.05, 0) is 44.9 Å². The van der Waals surface area contributed by atoms with E-state index in [0.717, 1.165) is 34.3 Å². The fourth-order valence-electron chi connectivity index (χ4n) is 1.86.